The van der Waals surface area contributed by atoms with Gasteiger partial charge in [0.05, 0.1) is 5.69 Å². The molecule has 2 nitrogen and oxygen atoms in total. The first-order valence-corrected chi connectivity index (χ1v) is 19.0. The summed E-state index contributed by atoms with van der Waals surface area (Å²) in [4.78, 5) is 2.49. The maximum atomic E-state index is 6.39. The van der Waals surface area contributed by atoms with Gasteiger partial charge in [0.1, 0.15) is 11.0 Å². The Kier molecular flexibility index (Phi) is 10.5. The van der Waals surface area contributed by atoms with Crippen LogP contribution in [-0.2, 0) is 17.3 Å². The van der Waals surface area contributed by atoms with Gasteiger partial charge in [-0.2, -0.15) is 0 Å². The van der Waals surface area contributed by atoms with Crippen LogP contribution in [0.15, 0.2) is 120 Å². The van der Waals surface area contributed by atoms with Crippen LogP contribution in [0.2, 0.25) is 0 Å². The predicted octanol–water partition coefficient (Wildman–Crippen LogP) is 13.0. The summed E-state index contributed by atoms with van der Waals surface area (Å²) in [6, 6.07) is 38.2. The Morgan fingerprint density at radius 1 is 0.788 bits per heavy atom. The zero-order valence-electron chi connectivity index (χ0n) is 32.7. The molecule has 6 aromatic rings. The highest BCUT2D eigenvalue weighted by Gasteiger charge is 2.39. The molecule has 0 aliphatic heterocycles. The van der Waals surface area contributed by atoms with Gasteiger partial charge in [-0.05, 0) is 82.8 Å². The number of rotatable bonds is 7. The SMILES string of the molecule is C=c1oc2cc(N(c3ccccc3Cc3ccccc3)c3cc(C(C)(C)C)cc4c3-c3ccc(C)cc3C4(C)C)ccc2/c1=C/C=C\CC.CCC. The van der Waals surface area contributed by atoms with Crippen molar-refractivity contribution in [2.24, 2.45) is 0 Å². The molecule has 0 bridgehead atoms. The summed E-state index contributed by atoms with van der Waals surface area (Å²) >= 11 is 0. The molecule has 7 rings (SSSR count). The van der Waals surface area contributed by atoms with E-state index >= 15 is 0 Å². The molecule has 1 aliphatic carbocycles. The summed E-state index contributed by atoms with van der Waals surface area (Å²) in [6.07, 6.45) is 9.43. The van der Waals surface area contributed by atoms with Crippen LogP contribution in [0.5, 0.6) is 0 Å². The van der Waals surface area contributed by atoms with Crippen molar-refractivity contribution in [2.45, 2.75) is 92.4 Å². The van der Waals surface area contributed by atoms with Crippen molar-refractivity contribution in [1.29, 1.82) is 0 Å². The summed E-state index contributed by atoms with van der Waals surface area (Å²) in [7, 11) is 0. The van der Waals surface area contributed by atoms with E-state index in [9.17, 15) is 0 Å². The van der Waals surface area contributed by atoms with Gasteiger partial charge in [0, 0.05) is 39.0 Å². The van der Waals surface area contributed by atoms with Crippen molar-refractivity contribution >= 4 is 40.7 Å². The van der Waals surface area contributed by atoms with Crippen molar-refractivity contribution in [3.63, 3.8) is 0 Å². The van der Waals surface area contributed by atoms with Crippen LogP contribution in [0.1, 0.15) is 102 Å². The Balaban J connectivity index is 0.00000150. The molecule has 0 amide bonds. The minimum Gasteiger partial charge on any atom is -0.457 e. The number of fused-ring (bicyclic) bond motifs is 4. The van der Waals surface area contributed by atoms with Gasteiger partial charge >= 0.3 is 0 Å². The van der Waals surface area contributed by atoms with Crippen molar-refractivity contribution in [3.8, 4) is 11.1 Å². The van der Waals surface area contributed by atoms with Gasteiger partial charge in [0.15, 0.2) is 0 Å². The topological polar surface area (TPSA) is 16.4 Å². The molecule has 0 radical (unpaired) electrons. The van der Waals surface area contributed by atoms with Crippen LogP contribution < -0.4 is 15.5 Å². The smallest absolute Gasteiger partial charge is 0.137 e. The summed E-state index contributed by atoms with van der Waals surface area (Å²) in [5.41, 5.74) is 15.3. The Hall–Kier alpha value is -5.08. The lowest BCUT2D eigenvalue weighted by molar-refractivity contribution is 0.577. The van der Waals surface area contributed by atoms with Crippen LogP contribution in [-0.4, -0.2) is 0 Å². The number of hydrogen-bond acceptors (Lipinski definition) is 2. The fourth-order valence-corrected chi connectivity index (χ4v) is 7.43. The van der Waals surface area contributed by atoms with Crippen LogP contribution in [0.25, 0.3) is 34.8 Å². The zero-order chi connectivity index (χ0) is 37.2. The lowest BCUT2D eigenvalue weighted by Gasteiger charge is -2.33. The zero-order valence-corrected chi connectivity index (χ0v) is 32.7. The molecule has 266 valence electrons. The fraction of sp³-hybridized carbons (Fsp3) is 0.280. The molecule has 52 heavy (non-hydrogen) atoms. The lowest BCUT2D eigenvalue weighted by Crippen LogP contribution is -2.20. The molecule has 0 fully saturated rings. The van der Waals surface area contributed by atoms with Crippen molar-refractivity contribution in [2.75, 3.05) is 4.90 Å². The molecule has 5 aromatic carbocycles. The molecule has 0 spiro atoms. The van der Waals surface area contributed by atoms with Crippen LogP contribution in [0.3, 0.4) is 0 Å². The molecule has 0 saturated heterocycles. The number of furan rings is 1. The van der Waals surface area contributed by atoms with Crippen molar-refractivity contribution in [3.05, 3.63) is 159 Å². The Bertz CT molecular complexity index is 2350. The Morgan fingerprint density at radius 3 is 2.21 bits per heavy atom. The number of anilines is 3. The second kappa shape index (κ2) is 14.9. The normalized spacial score (nSPS) is 13.6. The molecule has 0 saturated carbocycles. The van der Waals surface area contributed by atoms with E-state index < -0.39 is 0 Å². The lowest BCUT2D eigenvalue weighted by atomic mass is 9.78. The first-order chi connectivity index (χ1) is 24.9. The summed E-state index contributed by atoms with van der Waals surface area (Å²) in [5.74, 6) is 0. The third kappa shape index (κ3) is 7.04. The second-order valence-corrected chi connectivity index (χ2v) is 15.8. The average Bonchev–Trinajstić information content (AvgIpc) is 3.54. The van der Waals surface area contributed by atoms with Gasteiger partial charge in [0.25, 0.3) is 0 Å². The number of hydrogen-bond donors (Lipinski definition) is 0. The van der Waals surface area contributed by atoms with Crippen LogP contribution in [0, 0.1) is 6.92 Å². The number of nitrogens with zero attached hydrogens (tertiary/aromatic N) is 1. The van der Waals surface area contributed by atoms with E-state index in [2.05, 4.69) is 195 Å². The van der Waals surface area contributed by atoms with Crippen molar-refractivity contribution < 1.29 is 4.42 Å². The fourth-order valence-electron chi connectivity index (χ4n) is 7.43. The second-order valence-electron chi connectivity index (χ2n) is 15.8. The summed E-state index contributed by atoms with van der Waals surface area (Å²) < 4.78 is 6.39. The molecular formula is C50H55NO. The molecule has 1 aliphatic rings. The third-order valence-electron chi connectivity index (χ3n) is 10.2. The number of aryl methyl sites for hydroxylation is 1. The van der Waals surface area contributed by atoms with Gasteiger partial charge in [-0.3, -0.25) is 0 Å². The minimum absolute atomic E-state index is 0.0513. The standard InChI is InChI=1S/C47H47NO.C3H8/c1-9-10-12-20-37-32(3)49-44-30-36(23-25-38(37)44)48(42-21-16-15-19-34(42)27-33-17-13-11-14-18-33)43-29-35(46(4,5)6)28-41-45(43)39-24-22-31(2)26-40(39)47(41,7)8;1-3-2/h10-26,28-30H,3,9,27H2,1-2,4-8H3;3H2,1-2H3/b12-10-,37-20+;. The van der Waals surface area contributed by atoms with Gasteiger partial charge in [-0.25, -0.2) is 0 Å². The highest BCUT2D eigenvalue weighted by molar-refractivity contribution is 5.97. The summed E-state index contributed by atoms with van der Waals surface area (Å²) in [5, 5.41) is 2.10. The van der Waals surface area contributed by atoms with Gasteiger partial charge in [-0.1, -0.05) is 165 Å². The monoisotopic (exact) mass is 685 g/mol. The third-order valence-corrected chi connectivity index (χ3v) is 10.2. The Labute approximate surface area is 311 Å². The van der Waals surface area contributed by atoms with E-state index in [-0.39, 0.29) is 10.8 Å². The molecule has 1 aromatic heterocycles. The van der Waals surface area contributed by atoms with E-state index in [1.165, 1.54) is 56.6 Å². The van der Waals surface area contributed by atoms with E-state index in [0.29, 0.717) is 5.42 Å². The Morgan fingerprint density at radius 2 is 1.50 bits per heavy atom. The highest BCUT2D eigenvalue weighted by atomic mass is 16.3. The van der Waals surface area contributed by atoms with Gasteiger partial charge < -0.3 is 9.32 Å². The minimum atomic E-state index is -0.146. The first-order valence-electron chi connectivity index (χ1n) is 19.0. The summed E-state index contributed by atoms with van der Waals surface area (Å²) in [6.45, 7) is 24.6. The molecule has 1 heterocycles. The number of benzene rings is 5. The molecule has 2 heteroatoms. The average molecular weight is 686 g/mol. The molecule has 0 N–H and O–H groups in total. The van der Waals surface area contributed by atoms with E-state index in [1.807, 2.05) is 0 Å². The largest absolute Gasteiger partial charge is 0.457 e. The maximum absolute atomic E-state index is 6.39. The van der Waals surface area contributed by atoms with Crippen LogP contribution >= 0.6 is 0 Å². The molecule has 0 atom stereocenters. The number of allylic oxidation sites excluding steroid dienone is 2. The molecular weight excluding hydrogens is 631 g/mol. The first kappa shape index (κ1) is 36.7. The van der Waals surface area contributed by atoms with E-state index in [0.717, 1.165) is 40.4 Å². The van der Waals surface area contributed by atoms with Gasteiger partial charge in [0.2, 0.25) is 0 Å². The maximum Gasteiger partial charge on any atom is 0.137 e. The van der Waals surface area contributed by atoms with Crippen molar-refractivity contribution in [1.82, 2.24) is 0 Å². The number of para-hydroxylation sites is 1. The highest BCUT2D eigenvalue weighted by Crippen LogP contribution is 2.56. The van der Waals surface area contributed by atoms with Gasteiger partial charge in [-0.15, -0.1) is 0 Å². The van der Waals surface area contributed by atoms with Crippen LogP contribution in [0.4, 0.5) is 17.1 Å². The van der Waals surface area contributed by atoms with E-state index in [1.54, 1.807) is 0 Å². The molecule has 0 unspecified atom stereocenters. The quantitative estimate of drug-likeness (QED) is 0.166. The predicted molar refractivity (Wildman–Crippen MR) is 226 cm³/mol. The van der Waals surface area contributed by atoms with E-state index in [4.69, 9.17) is 4.42 Å².